The minimum atomic E-state index is -1.45. The van der Waals surface area contributed by atoms with Crippen molar-refractivity contribution in [2.45, 2.75) is 30.7 Å². The van der Waals surface area contributed by atoms with Crippen molar-refractivity contribution in [3.63, 3.8) is 0 Å². The molecular formula is C8H16N2O7. The molecule has 2 amide bonds. The summed E-state index contributed by atoms with van der Waals surface area (Å²) in [6.07, 6.45) is -6.26. The Kier molecular flexibility index (Phi) is 5.05. The number of rotatable bonds is 3. The summed E-state index contributed by atoms with van der Waals surface area (Å²) in [7, 11) is 1.27. The van der Waals surface area contributed by atoms with Crippen LogP contribution in [0.2, 0.25) is 0 Å². The Morgan fingerprint density at radius 1 is 1.29 bits per heavy atom. The molecule has 0 aromatic carbocycles. The maximum Gasteiger partial charge on any atom is 0.338 e. The van der Waals surface area contributed by atoms with Gasteiger partial charge in [0.05, 0.1) is 0 Å². The van der Waals surface area contributed by atoms with Crippen LogP contribution in [0.1, 0.15) is 0 Å². The number of hydroxylamine groups is 1. The van der Waals surface area contributed by atoms with E-state index in [1.54, 1.807) is 0 Å². The summed E-state index contributed by atoms with van der Waals surface area (Å²) in [5.74, 6) is 0. The first-order chi connectivity index (χ1) is 8.01. The first kappa shape index (κ1) is 14.1. The van der Waals surface area contributed by atoms with Crippen molar-refractivity contribution in [2.75, 3.05) is 13.7 Å². The van der Waals surface area contributed by atoms with Crippen LogP contribution in [0.15, 0.2) is 0 Å². The molecule has 0 saturated carbocycles. The minimum absolute atomic E-state index is 0.169. The first-order valence-corrected chi connectivity index (χ1v) is 4.91. The molecule has 6 N–H and O–H groups in total. The van der Waals surface area contributed by atoms with E-state index in [9.17, 15) is 20.1 Å². The van der Waals surface area contributed by atoms with Gasteiger partial charge in [0.1, 0.15) is 24.4 Å². The van der Waals surface area contributed by atoms with Gasteiger partial charge < -0.3 is 30.1 Å². The Balaban J connectivity index is 2.56. The number of aliphatic hydroxyl groups is 3. The van der Waals surface area contributed by atoms with Gasteiger partial charge in [-0.1, -0.05) is 0 Å². The number of hydrogen-bond acceptors (Lipinski definition) is 7. The maximum atomic E-state index is 10.7. The molecule has 9 heteroatoms. The molecule has 0 aromatic rings. The number of ether oxygens (including phenoxy) is 2. The van der Waals surface area contributed by atoms with Crippen molar-refractivity contribution in [3.8, 4) is 0 Å². The number of urea groups is 1. The van der Waals surface area contributed by atoms with Crippen LogP contribution in [0.4, 0.5) is 4.79 Å². The van der Waals surface area contributed by atoms with Gasteiger partial charge in [0.25, 0.3) is 0 Å². The number of amides is 2. The van der Waals surface area contributed by atoms with Crippen LogP contribution < -0.4 is 10.8 Å². The van der Waals surface area contributed by atoms with Gasteiger partial charge in [0, 0.05) is 13.7 Å². The normalized spacial score (nSPS) is 37.6. The van der Waals surface area contributed by atoms with Crippen molar-refractivity contribution in [1.29, 1.82) is 0 Å². The van der Waals surface area contributed by atoms with Crippen molar-refractivity contribution in [2.24, 2.45) is 0 Å². The molecule has 1 aliphatic heterocycles. The zero-order chi connectivity index (χ0) is 13.0. The van der Waals surface area contributed by atoms with E-state index in [-0.39, 0.29) is 6.54 Å². The lowest BCUT2D eigenvalue weighted by Gasteiger charge is -2.39. The molecular weight excluding hydrogens is 236 g/mol. The third-order valence-electron chi connectivity index (χ3n) is 2.47. The van der Waals surface area contributed by atoms with Crippen LogP contribution in [-0.4, -0.2) is 70.9 Å². The largest absolute Gasteiger partial charge is 0.388 e. The molecule has 17 heavy (non-hydrogen) atoms. The molecule has 9 nitrogen and oxygen atoms in total. The predicted octanol–water partition coefficient (Wildman–Crippen LogP) is -2.87. The molecule has 0 spiro atoms. The fraction of sp³-hybridized carbons (Fsp3) is 0.875. The maximum absolute atomic E-state index is 10.7. The highest BCUT2D eigenvalue weighted by Gasteiger charge is 2.43. The molecule has 1 aliphatic rings. The third kappa shape index (κ3) is 3.25. The van der Waals surface area contributed by atoms with Crippen LogP contribution in [0.25, 0.3) is 0 Å². The zero-order valence-corrected chi connectivity index (χ0v) is 9.11. The quantitative estimate of drug-likeness (QED) is 0.234. The highest BCUT2D eigenvalue weighted by molar-refractivity contribution is 5.72. The molecule has 1 fully saturated rings. The molecule has 0 bridgehead atoms. The standard InChI is InChI=1S/C8H16N2O7/c1-16-7-6(13)5(12)4(11)3(17-7)2-9-8(14)10-15/h3-7,11-13,15H,2H2,1H3,(H2,9,10,14). The van der Waals surface area contributed by atoms with E-state index in [2.05, 4.69) is 5.32 Å². The number of methoxy groups -OCH3 is 1. The Labute approximate surface area is 96.9 Å². The summed E-state index contributed by atoms with van der Waals surface area (Å²) in [5.41, 5.74) is 1.33. The Morgan fingerprint density at radius 2 is 1.94 bits per heavy atom. The van der Waals surface area contributed by atoms with Crippen molar-refractivity contribution in [1.82, 2.24) is 10.8 Å². The number of nitrogens with one attached hydrogen (secondary N) is 2. The van der Waals surface area contributed by atoms with Gasteiger partial charge in [-0.25, -0.2) is 10.3 Å². The molecule has 0 radical (unpaired) electrons. The molecule has 5 atom stereocenters. The van der Waals surface area contributed by atoms with E-state index >= 15 is 0 Å². The number of hydrogen-bond donors (Lipinski definition) is 6. The van der Waals surface area contributed by atoms with Crippen molar-refractivity contribution >= 4 is 6.03 Å². The number of aliphatic hydroxyl groups excluding tert-OH is 3. The van der Waals surface area contributed by atoms with Gasteiger partial charge in [-0.15, -0.1) is 0 Å². The summed E-state index contributed by atoms with van der Waals surface area (Å²) in [4.78, 5) is 10.7. The molecule has 1 heterocycles. The Morgan fingerprint density at radius 3 is 2.47 bits per heavy atom. The number of carbonyl (C=O) groups excluding carboxylic acids is 1. The second kappa shape index (κ2) is 6.10. The second-order valence-corrected chi connectivity index (χ2v) is 3.57. The van der Waals surface area contributed by atoms with Crippen LogP contribution in [-0.2, 0) is 9.47 Å². The lowest BCUT2D eigenvalue weighted by atomic mass is 9.99. The smallest absolute Gasteiger partial charge is 0.338 e. The predicted molar refractivity (Wildman–Crippen MR) is 52.0 cm³/mol. The van der Waals surface area contributed by atoms with Gasteiger partial charge in [-0.05, 0) is 0 Å². The summed E-state index contributed by atoms with van der Waals surface area (Å²) in [6.45, 7) is -0.169. The van der Waals surface area contributed by atoms with Crippen molar-refractivity contribution in [3.05, 3.63) is 0 Å². The Bertz CT molecular complexity index is 262. The van der Waals surface area contributed by atoms with Crippen LogP contribution in [0, 0.1) is 0 Å². The van der Waals surface area contributed by atoms with E-state index < -0.39 is 36.7 Å². The molecule has 100 valence electrons. The minimum Gasteiger partial charge on any atom is -0.388 e. The van der Waals surface area contributed by atoms with E-state index in [4.69, 9.17) is 14.7 Å². The summed E-state index contributed by atoms with van der Waals surface area (Å²) in [6, 6.07) is -0.879. The van der Waals surface area contributed by atoms with Gasteiger partial charge in [-0.3, -0.25) is 5.21 Å². The average Bonchev–Trinajstić information content (AvgIpc) is 2.34. The highest BCUT2D eigenvalue weighted by Crippen LogP contribution is 2.21. The fourth-order valence-electron chi connectivity index (χ4n) is 1.51. The van der Waals surface area contributed by atoms with Crippen LogP contribution in [0.3, 0.4) is 0 Å². The zero-order valence-electron chi connectivity index (χ0n) is 9.11. The van der Waals surface area contributed by atoms with Gasteiger partial charge in [-0.2, -0.15) is 0 Å². The molecule has 1 rings (SSSR count). The van der Waals surface area contributed by atoms with E-state index in [0.29, 0.717) is 0 Å². The van der Waals surface area contributed by atoms with Gasteiger partial charge >= 0.3 is 6.03 Å². The van der Waals surface area contributed by atoms with E-state index in [1.165, 1.54) is 12.6 Å². The van der Waals surface area contributed by atoms with Gasteiger partial charge in [0.2, 0.25) is 0 Å². The van der Waals surface area contributed by atoms with E-state index in [0.717, 1.165) is 0 Å². The summed E-state index contributed by atoms with van der Waals surface area (Å²) < 4.78 is 9.88. The lowest BCUT2D eigenvalue weighted by molar-refractivity contribution is -0.288. The first-order valence-electron chi connectivity index (χ1n) is 4.91. The van der Waals surface area contributed by atoms with Crippen molar-refractivity contribution < 1.29 is 34.8 Å². The number of carbonyl (C=O) groups is 1. The molecule has 5 unspecified atom stereocenters. The summed E-state index contributed by atoms with van der Waals surface area (Å²) >= 11 is 0. The topological polar surface area (TPSA) is 141 Å². The second-order valence-electron chi connectivity index (χ2n) is 3.57. The van der Waals surface area contributed by atoms with Crippen LogP contribution >= 0.6 is 0 Å². The van der Waals surface area contributed by atoms with Gasteiger partial charge in [0.15, 0.2) is 6.29 Å². The fourth-order valence-corrected chi connectivity index (χ4v) is 1.51. The molecule has 0 aromatic heterocycles. The third-order valence-corrected chi connectivity index (χ3v) is 2.47. The average molecular weight is 252 g/mol. The SMILES string of the molecule is COC1OC(CNC(=O)NO)C(O)C(O)C1O. The van der Waals surface area contributed by atoms with E-state index in [1.807, 2.05) is 0 Å². The summed E-state index contributed by atoms with van der Waals surface area (Å²) in [5, 5.41) is 39.0. The lowest BCUT2D eigenvalue weighted by Crippen LogP contribution is -2.60. The monoisotopic (exact) mass is 252 g/mol. The van der Waals surface area contributed by atoms with Crippen LogP contribution in [0.5, 0.6) is 0 Å². The Hall–Kier alpha value is -0.970. The molecule has 1 saturated heterocycles. The highest BCUT2D eigenvalue weighted by atomic mass is 16.7. The molecule has 0 aliphatic carbocycles.